The topological polar surface area (TPSA) is 55.5 Å². The standard InChI is InChI=1S/C14H23NO2S/c1-11(2)7-8-18-10-13(16)9-17-14-5-3-12(15)4-6-14/h3-6,11,13,16H,7-10,15H2,1-2H3. The number of anilines is 1. The zero-order valence-electron chi connectivity index (χ0n) is 11.1. The van der Waals surface area contributed by atoms with Gasteiger partial charge in [-0.1, -0.05) is 13.8 Å². The molecule has 102 valence electrons. The van der Waals surface area contributed by atoms with Crippen LogP contribution in [0, 0.1) is 5.92 Å². The van der Waals surface area contributed by atoms with E-state index in [1.807, 2.05) is 12.1 Å². The molecule has 0 spiro atoms. The van der Waals surface area contributed by atoms with Crippen molar-refractivity contribution in [2.24, 2.45) is 5.92 Å². The number of thioether (sulfide) groups is 1. The second-order valence-corrected chi connectivity index (χ2v) is 5.94. The van der Waals surface area contributed by atoms with Gasteiger partial charge in [0.1, 0.15) is 12.4 Å². The molecule has 0 fully saturated rings. The van der Waals surface area contributed by atoms with Crippen LogP contribution >= 0.6 is 11.8 Å². The van der Waals surface area contributed by atoms with Crippen molar-refractivity contribution in [1.82, 2.24) is 0 Å². The number of aliphatic hydroxyl groups is 1. The lowest BCUT2D eigenvalue weighted by atomic mass is 10.2. The van der Waals surface area contributed by atoms with Crippen molar-refractivity contribution >= 4 is 17.4 Å². The van der Waals surface area contributed by atoms with E-state index in [-0.39, 0.29) is 0 Å². The van der Waals surface area contributed by atoms with E-state index >= 15 is 0 Å². The number of hydrogen-bond donors (Lipinski definition) is 2. The molecule has 0 saturated heterocycles. The fourth-order valence-electron chi connectivity index (χ4n) is 1.34. The first-order valence-electron chi connectivity index (χ1n) is 6.32. The zero-order valence-corrected chi connectivity index (χ0v) is 12.0. The third-order valence-electron chi connectivity index (χ3n) is 2.47. The summed E-state index contributed by atoms with van der Waals surface area (Å²) in [5, 5.41) is 9.76. The van der Waals surface area contributed by atoms with E-state index in [0.717, 1.165) is 23.2 Å². The summed E-state index contributed by atoms with van der Waals surface area (Å²) in [6.45, 7) is 4.75. The predicted molar refractivity (Wildman–Crippen MR) is 79.1 cm³/mol. The third-order valence-corrected chi connectivity index (χ3v) is 3.62. The van der Waals surface area contributed by atoms with Gasteiger partial charge in [0.05, 0.1) is 6.10 Å². The molecule has 0 bridgehead atoms. The van der Waals surface area contributed by atoms with E-state index in [1.54, 1.807) is 23.9 Å². The van der Waals surface area contributed by atoms with Crippen molar-refractivity contribution in [2.75, 3.05) is 23.8 Å². The van der Waals surface area contributed by atoms with Crippen molar-refractivity contribution in [3.8, 4) is 5.75 Å². The molecule has 1 aromatic carbocycles. The Morgan fingerprint density at radius 3 is 2.56 bits per heavy atom. The largest absolute Gasteiger partial charge is 0.491 e. The van der Waals surface area contributed by atoms with E-state index in [9.17, 15) is 5.11 Å². The van der Waals surface area contributed by atoms with Crippen LogP contribution in [0.4, 0.5) is 5.69 Å². The number of ether oxygens (including phenoxy) is 1. The summed E-state index contributed by atoms with van der Waals surface area (Å²) >= 11 is 1.78. The van der Waals surface area contributed by atoms with E-state index in [0.29, 0.717) is 12.3 Å². The van der Waals surface area contributed by atoms with Crippen LogP contribution in [0.3, 0.4) is 0 Å². The molecule has 0 heterocycles. The van der Waals surface area contributed by atoms with Crippen LogP contribution in [0.1, 0.15) is 20.3 Å². The molecular formula is C14H23NO2S. The number of nitrogen functional groups attached to an aromatic ring is 1. The minimum atomic E-state index is -0.417. The molecular weight excluding hydrogens is 246 g/mol. The highest BCUT2D eigenvalue weighted by Crippen LogP contribution is 2.14. The van der Waals surface area contributed by atoms with E-state index in [4.69, 9.17) is 10.5 Å². The van der Waals surface area contributed by atoms with Gasteiger partial charge in [-0.25, -0.2) is 0 Å². The van der Waals surface area contributed by atoms with E-state index in [2.05, 4.69) is 13.8 Å². The molecule has 1 unspecified atom stereocenters. The van der Waals surface area contributed by atoms with Crippen LogP contribution in [-0.2, 0) is 0 Å². The lowest BCUT2D eigenvalue weighted by Crippen LogP contribution is -2.20. The Labute approximate surface area is 114 Å². The summed E-state index contributed by atoms with van der Waals surface area (Å²) in [5.74, 6) is 3.29. The number of benzene rings is 1. The molecule has 0 aliphatic rings. The predicted octanol–water partition coefficient (Wildman–Crippen LogP) is 2.79. The van der Waals surface area contributed by atoms with Gasteiger partial charge in [0.2, 0.25) is 0 Å². The van der Waals surface area contributed by atoms with Crippen LogP contribution in [0.15, 0.2) is 24.3 Å². The molecule has 0 aliphatic carbocycles. The van der Waals surface area contributed by atoms with Crippen LogP contribution in [0.25, 0.3) is 0 Å². The zero-order chi connectivity index (χ0) is 13.4. The lowest BCUT2D eigenvalue weighted by molar-refractivity contribution is 0.126. The molecule has 4 heteroatoms. The Hall–Kier alpha value is -0.870. The average molecular weight is 269 g/mol. The highest BCUT2D eigenvalue weighted by molar-refractivity contribution is 7.99. The summed E-state index contributed by atoms with van der Waals surface area (Å²) in [4.78, 5) is 0. The molecule has 3 nitrogen and oxygen atoms in total. The normalized spacial score (nSPS) is 12.7. The minimum Gasteiger partial charge on any atom is -0.491 e. The monoisotopic (exact) mass is 269 g/mol. The maximum atomic E-state index is 9.76. The summed E-state index contributed by atoms with van der Waals surface area (Å²) in [5.41, 5.74) is 6.29. The SMILES string of the molecule is CC(C)CCSCC(O)COc1ccc(N)cc1. The molecule has 1 rings (SSSR count). The molecule has 0 aromatic heterocycles. The van der Waals surface area contributed by atoms with Crippen LogP contribution < -0.4 is 10.5 Å². The molecule has 3 N–H and O–H groups in total. The van der Waals surface area contributed by atoms with Crippen LogP contribution in [0.5, 0.6) is 5.75 Å². The Morgan fingerprint density at radius 2 is 1.94 bits per heavy atom. The van der Waals surface area contributed by atoms with Gasteiger partial charge in [0.25, 0.3) is 0 Å². The highest BCUT2D eigenvalue weighted by Gasteiger charge is 2.05. The minimum absolute atomic E-state index is 0.332. The van der Waals surface area contributed by atoms with Crippen molar-refractivity contribution in [1.29, 1.82) is 0 Å². The average Bonchev–Trinajstić information content (AvgIpc) is 2.34. The van der Waals surface area contributed by atoms with Gasteiger partial charge in [-0.2, -0.15) is 11.8 Å². The van der Waals surface area contributed by atoms with E-state index in [1.165, 1.54) is 6.42 Å². The molecule has 0 aliphatic heterocycles. The maximum absolute atomic E-state index is 9.76. The quantitative estimate of drug-likeness (QED) is 0.563. The smallest absolute Gasteiger partial charge is 0.119 e. The molecule has 0 radical (unpaired) electrons. The van der Waals surface area contributed by atoms with Gasteiger partial charge in [0, 0.05) is 11.4 Å². The number of rotatable bonds is 8. The summed E-state index contributed by atoms with van der Waals surface area (Å²) in [6, 6.07) is 7.21. The molecule has 18 heavy (non-hydrogen) atoms. The summed E-state index contributed by atoms with van der Waals surface area (Å²) in [7, 11) is 0. The Bertz CT molecular complexity index is 327. The molecule has 0 saturated carbocycles. The Kier molecular flexibility index (Phi) is 6.98. The number of hydrogen-bond acceptors (Lipinski definition) is 4. The first-order valence-corrected chi connectivity index (χ1v) is 7.47. The van der Waals surface area contributed by atoms with Gasteiger partial charge < -0.3 is 15.6 Å². The van der Waals surface area contributed by atoms with Gasteiger partial charge in [-0.3, -0.25) is 0 Å². The van der Waals surface area contributed by atoms with Gasteiger partial charge in [0.15, 0.2) is 0 Å². The number of nitrogens with two attached hydrogens (primary N) is 1. The fraction of sp³-hybridized carbons (Fsp3) is 0.571. The highest BCUT2D eigenvalue weighted by atomic mass is 32.2. The second-order valence-electron chi connectivity index (χ2n) is 4.79. The summed E-state index contributed by atoms with van der Waals surface area (Å²) in [6.07, 6.45) is 0.774. The number of aliphatic hydroxyl groups excluding tert-OH is 1. The molecule has 1 aromatic rings. The van der Waals surface area contributed by atoms with Gasteiger partial charge in [-0.15, -0.1) is 0 Å². The third kappa shape index (κ3) is 6.77. The van der Waals surface area contributed by atoms with Crippen molar-refractivity contribution in [3.63, 3.8) is 0 Å². The maximum Gasteiger partial charge on any atom is 0.119 e. The first-order chi connectivity index (χ1) is 8.58. The lowest BCUT2D eigenvalue weighted by Gasteiger charge is -2.12. The Balaban J connectivity index is 2.13. The van der Waals surface area contributed by atoms with Crippen molar-refractivity contribution in [2.45, 2.75) is 26.4 Å². The van der Waals surface area contributed by atoms with Crippen LogP contribution in [0.2, 0.25) is 0 Å². The van der Waals surface area contributed by atoms with Crippen molar-refractivity contribution in [3.05, 3.63) is 24.3 Å². The second kappa shape index (κ2) is 8.27. The molecule has 1 atom stereocenters. The van der Waals surface area contributed by atoms with Crippen LogP contribution in [-0.4, -0.2) is 29.3 Å². The van der Waals surface area contributed by atoms with E-state index < -0.39 is 6.10 Å². The van der Waals surface area contributed by atoms with Gasteiger partial charge in [-0.05, 0) is 42.4 Å². The Morgan fingerprint density at radius 1 is 1.28 bits per heavy atom. The first kappa shape index (κ1) is 15.2. The van der Waals surface area contributed by atoms with Crippen molar-refractivity contribution < 1.29 is 9.84 Å². The summed E-state index contributed by atoms with van der Waals surface area (Å²) < 4.78 is 5.48. The fourth-order valence-corrected chi connectivity index (χ4v) is 2.52. The molecule has 0 amide bonds. The van der Waals surface area contributed by atoms with Gasteiger partial charge >= 0.3 is 0 Å².